The molecule has 0 radical (unpaired) electrons. The fourth-order valence-corrected chi connectivity index (χ4v) is 5.73. The Kier molecular flexibility index (Phi) is 33.8. The van der Waals surface area contributed by atoms with E-state index in [0.29, 0.717) is 45.5 Å². The summed E-state index contributed by atoms with van der Waals surface area (Å²) in [6.07, 6.45) is 1.96. The van der Waals surface area contributed by atoms with Gasteiger partial charge in [-0.1, -0.05) is 41.5 Å². The van der Waals surface area contributed by atoms with E-state index in [-0.39, 0.29) is 109 Å². The number of likely N-dealkylation sites (N-methyl/N-ethyl adjacent to an activating group) is 2. The number of hydrogen-bond acceptors (Lipinski definition) is 10. The molecular formula is C36H81N2NaO10S2Si2. The van der Waals surface area contributed by atoms with Crippen LogP contribution < -0.4 is 29.6 Å². The van der Waals surface area contributed by atoms with Gasteiger partial charge in [-0.2, -0.15) is 27.0 Å². The van der Waals surface area contributed by atoms with Crippen molar-refractivity contribution in [2.45, 2.75) is 175 Å². The van der Waals surface area contributed by atoms with Crippen LogP contribution in [0.4, 0.5) is 9.59 Å². The number of carbonyl (C=O) groups is 3. The van der Waals surface area contributed by atoms with Gasteiger partial charge in [-0.05, 0) is 103 Å². The molecule has 2 N–H and O–H groups in total. The fraction of sp³-hybridized carbons (Fsp3) is 0.917. The minimum absolute atomic E-state index is 0. The molecule has 0 saturated heterocycles. The molecule has 0 aromatic rings. The van der Waals surface area contributed by atoms with Crippen molar-refractivity contribution in [1.82, 2.24) is 9.80 Å². The number of rotatable bonds is 15. The molecule has 2 amide bonds. The predicted octanol–water partition coefficient (Wildman–Crippen LogP) is 5.66. The van der Waals surface area contributed by atoms with Gasteiger partial charge in [0.25, 0.3) is 0 Å². The van der Waals surface area contributed by atoms with Crippen LogP contribution in [0.15, 0.2) is 0 Å². The Bertz CT molecular complexity index is 1020. The van der Waals surface area contributed by atoms with Crippen molar-refractivity contribution in [2.75, 3.05) is 40.5 Å². The summed E-state index contributed by atoms with van der Waals surface area (Å²) in [5, 5.41) is 9.33. The van der Waals surface area contributed by atoms with Crippen LogP contribution in [0.1, 0.15) is 116 Å². The Morgan fingerprint density at radius 2 is 0.943 bits per heavy atom. The van der Waals surface area contributed by atoms with Crippen LogP contribution in [-0.2, 0) is 27.9 Å². The molecule has 0 heterocycles. The predicted molar refractivity (Wildman–Crippen MR) is 227 cm³/mol. The smallest absolute Gasteiger partial charge is 0.870 e. The van der Waals surface area contributed by atoms with E-state index in [1.54, 1.807) is 23.9 Å². The van der Waals surface area contributed by atoms with Crippen LogP contribution >= 0.6 is 27.0 Å². The second-order valence-electron chi connectivity index (χ2n) is 18.0. The zero-order chi connectivity index (χ0) is 39.2. The Morgan fingerprint density at radius 3 is 1.19 bits per heavy atom. The standard InChI is InChI=1S/C19H39NO5Si.C17H37NO4Si.Na.H2O.2H2S/c1-15(21)23-13-11-12-16(14-24-26(9,10)19(5,6)7)20(8)17(22)25-18(2,3)4;1-16(2,3)22-15(20)18(7)14(11-10-12-19)13-21-23(8,9)17(4,5)6;;;;/h16H,11-14H2,1-10H3;14,19H,10-13H2,1-9H3;;3*1H2/q;;+1;;;/p-1/t16-;14-;;;;/m00..../s1. The molecule has 0 spiro atoms. The van der Waals surface area contributed by atoms with E-state index in [1.807, 2.05) is 41.5 Å². The van der Waals surface area contributed by atoms with E-state index in [9.17, 15) is 14.4 Å². The Balaban J connectivity index is -0.000000195. The number of aliphatic hydroxyl groups excluding tert-OH is 1. The molecule has 0 aliphatic carbocycles. The first-order chi connectivity index (χ1) is 21.8. The van der Waals surface area contributed by atoms with Crippen molar-refractivity contribution in [3.8, 4) is 0 Å². The summed E-state index contributed by atoms with van der Waals surface area (Å²) in [4.78, 5) is 38.9. The molecular weight excluding hydrogens is 764 g/mol. The van der Waals surface area contributed by atoms with Crippen LogP contribution in [-0.4, -0.2) is 119 Å². The molecule has 12 nitrogen and oxygen atoms in total. The van der Waals surface area contributed by atoms with Crippen LogP contribution in [0.25, 0.3) is 0 Å². The maximum atomic E-state index is 12.4. The first kappa shape index (κ1) is 64.9. The van der Waals surface area contributed by atoms with Crippen LogP contribution in [0.2, 0.25) is 36.3 Å². The first-order valence-corrected chi connectivity index (χ1v) is 23.5. The maximum absolute atomic E-state index is 12.4. The number of ether oxygens (including phenoxy) is 3. The van der Waals surface area contributed by atoms with Gasteiger partial charge < -0.3 is 43.4 Å². The van der Waals surface area contributed by atoms with E-state index in [2.05, 4.69) is 67.7 Å². The average Bonchev–Trinajstić information content (AvgIpc) is 2.89. The van der Waals surface area contributed by atoms with Gasteiger partial charge in [0.15, 0.2) is 16.6 Å². The van der Waals surface area contributed by atoms with Gasteiger partial charge in [0.05, 0.1) is 31.9 Å². The minimum atomic E-state index is -1.92. The van der Waals surface area contributed by atoms with Crippen molar-refractivity contribution >= 4 is 61.8 Å². The number of nitrogens with zero attached hydrogens (tertiary/aromatic N) is 2. The second-order valence-corrected chi connectivity index (χ2v) is 27.6. The summed E-state index contributed by atoms with van der Waals surface area (Å²) in [6.45, 7) is 35.8. The number of esters is 1. The number of aliphatic hydroxyl groups is 1. The van der Waals surface area contributed by atoms with Gasteiger partial charge >= 0.3 is 47.7 Å². The zero-order valence-electron chi connectivity index (χ0n) is 37.4. The van der Waals surface area contributed by atoms with Gasteiger partial charge in [0, 0.05) is 27.6 Å². The summed E-state index contributed by atoms with van der Waals surface area (Å²) in [5.41, 5.74) is -1.07. The van der Waals surface area contributed by atoms with Gasteiger partial charge in [-0.3, -0.25) is 4.79 Å². The van der Waals surface area contributed by atoms with Gasteiger partial charge in [-0.25, -0.2) is 9.59 Å². The topological polar surface area (TPSA) is 154 Å². The molecule has 0 fully saturated rings. The summed E-state index contributed by atoms with van der Waals surface area (Å²) in [5.74, 6) is -0.292. The largest absolute Gasteiger partial charge is 1.00 e. The van der Waals surface area contributed by atoms with Gasteiger partial charge in [0.1, 0.15) is 11.2 Å². The molecule has 0 aromatic heterocycles. The third-order valence-electron chi connectivity index (χ3n) is 9.03. The molecule has 0 aliphatic rings. The van der Waals surface area contributed by atoms with E-state index in [4.69, 9.17) is 28.2 Å². The van der Waals surface area contributed by atoms with E-state index >= 15 is 0 Å². The summed E-state index contributed by atoms with van der Waals surface area (Å²) in [7, 11) is -0.323. The molecule has 2 atom stereocenters. The molecule has 53 heavy (non-hydrogen) atoms. The van der Waals surface area contributed by atoms with Crippen molar-refractivity contribution in [1.29, 1.82) is 0 Å². The Hall–Kier alpha value is -0.0162. The van der Waals surface area contributed by atoms with Gasteiger partial charge in [-0.15, -0.1) is 0 Å². The molecule has 0 aliphatic heterocycles. The molecule has 0 rings (SSSR count). The van der Waals surface area contributed by atoms with Crippen LogP contribution in [0, 0.1) is 0 Å². The van der Waals surface area contributed by atoms with E-state index in [0.717, 1.165) is 0 Å². The van der Waals surface area contributed by atoms with E-state index in [1.165, 1.54) is 6.92 Å². The number of hydrogen-bond donors (Lipinski definition) is 1. The molecule has 17 heteroatoms. The van der Waals surface area contributed by atoms with E-state index < -0.39 is 27.8 Å². The van der Waals surface area contributed by atoms with Crippen molar-refractivity contribution < 1.29 is 77.6 Å². The monoisotopic (exact) mass is 844 g/mol. The number of amides is 2. The number of carbonyl (C=O) groups excluding carboxylic acids is 3. The Labute approximate surface area is 362 Å². The molecule has 0 bridgehead atoms. The summed E-state index contributed by atoms with van der Waals surface area (Å²) < 4.78 is 28.5. The molecule has 316 valence electrons. The Morgan fingerprint density at radius 1 is 0.642 bits per heavy atom. The molecule has 0 unspecified atom stereocenters. The second kappa shape index (κ2) is 27.6. The minimum Gasteiger partial charge on any atom is -0.870 e. The first-order valence-electron chi connectivity index (χ1n) is 17.7. The van der Waals surface area contributed by atoms with Crippen molar-refractivity contribution in [3.63, 3.8) is 0 Å². The molecule has 0 aromatic carbocycles. The maximum Gasteiger partial charge on any atom is 1.00 e. The zero-order valence-corrected chi connectivity index (χ0v) is 43.4. The quantitative estimate of drug-likeness (QED) is 0.0947. The third-order valence-corrected chi connectivity index (χ3v) is 18.0. The van der Waals surface area contributed by atoms with Crippen molar-refractivity contribution in [3.05, 3.63) is 0 Å². The van der Waals surface area contributed by atoms with Crippen LogP contribution in [0.3, 0.4) is 0 Å². The van der Waals surface area contributed by atoms with Crippen molar-refractivity contribution in [2.24, 2.45) is 0 Å². The van der Waals surface area contributed by atoms with Crippen LogP contribution in [0.5, 0.6) is 0 Å². The molecule has 0 saturated carbocycles. The fourth-order valence-electron chi connectivity index (χ4n) is 3.65. The summed E-state index contributed by atoms with van der Waals surface area (Å²) >= 11 is 0. The SMILES string of the molecule is CC(=O)OCCC[C@@H](CO[Si](C)(C)C(C)(C)C)N(C)C(=O)OC(C)(C)C.CN(C(=O)OC(C)(C)C)[C@@H](CCCO)CO[Si](C)(C)C(C)(C)C.S.S.[Na+].[OH-]. The normalized spacial score (nSPS) is 13.1. The van der Waals surface area contributed by atoms with Gasteiger partial charge in [0.2, 0.25) is 0 Å². The third kappa shape index (κ3) is 28.9. The average molecular weight is 845 g/mol. The summed E-state index contributed by atoms with van der Waals surface area (Å²) in [6, 6.07) is -0.222.